The molecule has 1 aromatic rings. The topological polar surface area (TPSA) is 38.3 Å². The highest BCUT2D eigenvalue weighted by atomic mass is 35.5. The Kier molecular flexibility index (Phi) is 5.38. The first-order valence-corrected chi connectivity index (χ1v) is 7.36. The van der Waals surface area contributed by atoms with Gasteiger partial charge in [0.2, 0.25) is 0 Å². The Hall–Kier alpha value is -1.13. The van der Waals surface area contributed by atoms with Crippen LogP contribution in [0.5, 0.6) is 0 Å². The third-order valence-electron chi connectivity index (χ3n) is 3.50. The number of benzene rings is 1. The van der Waals surface area contributed by atoms with Gasteiger partial charge in [0, 0.05) is 11.1 Å². The maximum Gasteiger partial charge on any atom is 0.327 e. The zero-order valence-corrected chi connectivity index (χ0v) is 12.3. The number of rotatable bonds is 5. The van der Waals surface area contributed by atoms with Crippen LogP contribution in [0.3, 0.4) is 0 Å². The second-order valence-electron chi connectivity index (χ2n) is 5.04. The molecule has 1 fully saturated rings. The van der Waals surface area contributed by atoms with E-state index in [9.17, 15) is 9.18 Å². The molecule has 0 aromatic heterocycles. The molecule has 1 aliphatic carbocycles. The lowest BCUT2D eigenvalue weighted by Gasteiger charge is -2.22. The van der Waals surface area contributed by atoms with E-state index in [1.54, 1.807) is 13.0 Å². The lowest BCUT2D eigenvalue weighted by molar-refractivity contribution is -0.146. The minimum Gasteiger partial charge on any atom is -0.465 e. The number of hydrogen-bond donors (Lipinski definition) is 1. The van der Waals surface area contributed by atoms with Gasteiger partial charge in [-0.25, -0.2) is 9.18 Å². The number of halogens is 2. The van der Waals surface area contributed by atoms with Crippen LogP contribution in [0.15, 0.2) is 18.2 Å². The number of nitrogens with one attached hydrogen (secondary N) is 1. The average Bonchev–Trinajstić information content (AvgIpc) is 2.87. The summed E-state index contributed by atoms with van der Waals surface area (Å²) in [6.45, 7) is 2.05. The molecule has 0 heterocycles. The average molecular weight is 300 g/mol. The summed E-state index contributed by atoms with van der Waals surface area (Å²) in [6.07, 6.45) is 4.35. The first-order valence-electron chi connectivity index (χ1n) is 6.99. The van der Waals surface area contributed by atoms with E-state index in [0.717, 1.165) is 25.7 Å². The summed E-state index contributed by atoms with van der Waals surface area (Å²) >= 11 is 5.87. The van der Waals surface area contributed by atoms with E-state index in [-0.39, 0.29) is 17.0 Å². The fourth-order valence-electron chi connectivity index (χ4n) is 2.60. The van der Waals surface area contributed by atoms with Crippen LogP contribution >= 0.6 is 11.6 Å². The number of hydrogen-bond acceptors (Lipinski definition) is 3. The SMILES string of the molecule is CCOC(=O)C(NC1CCCC1)c1cc(F)cc(Cl)c1. The number of esters is 1. The van der Waals surface area contributed by atoms with Crippen molar-refractivity contribution in [3.05, 3.63) is 34.6 Å². The van der Waals surface area contributed by atoms with Gasteiger partial charge in [0.25, 0.3) is 0 Å². The monoisotopic (exact) mass is 299 g/mol. The highest BCUT2D eigenvalue weighted by Crippen LogP contribution is 2.25. The van der Waals surface area contributed by atoms with Crippen LogP contribution in [0.25, 0.3) is 0 Å². The Balaban J connectivity index is 2.21. The third-order valence-corrected chi connectivity index (χ3v) is 3.72. The summed E-state index contributed by atoms with van der Waals surface area (Å²) in [5.74, 6) is -0.837. The predicted molar refractivity (Wildman–Crippen MR) is 76.2 cm³/mol. The molecule has 1 saturated carbocycles. The summed E-state index contributed by atoms with van der Waals surface area (Å²) < 4.78 is 18.6. The quantitative estimate of drug-likeness (QED) is 0.844. The van der Waals surface area contributed by atoms with Gasteiger partial charge in [0.15, 0.2) is 0 Å². The van der Waals surface area contributed by atoms with E-state index in [1.807, 2.05) is 0 Å². The van der Waals surface area contributed by atoms with Crippen molar-refractivity contribution in [3.63, 3.8) is 0 Å². The van der Waals surface area contributed by atoms with E-state index in [4.69, 9.17) is 16.3 Å². The molecule has 1 unspecified atom stereocenters. The molecule has 110 valence electrons. The minimum absolute atomic E-state index is 0.270. The van der Waals surface area contributed by atoms with E-state index in [2.05, 4.69) is 5.32 Å². The molecular weight excluding hydrogens is 281 g/mol. The van der Waals surface area contributed by atoms with Crippen LogP contribution < -0.4 is 5.32 Å². The molecule has 1 aromatic carbocycles. The third kappa shape index (κ3) is 3.93. The Morgan fingerprint density at radius 2 is 2.15 bits per heavy atom. The van der Waals surface area contributed by atoms with Crippen LogP contribution in [-0.4, -0.2) is 18.6 Å². The second kappa shape index (κ2) is 7.04. The zero-order chi connectivity index (χ0) is 14.5. The smallest absolute Gasteiger partial charge is 0.327 e. The highest BCUT2D eigenvalue weighted by Gasteiger charge is 2.27. The number of carbonyl (C=O) groups excluding carboxylic acids is 1. The van der Waals surface area contributed by atoms with Gasteiger partial charge in [-0.1, -0.05) is 24.4 Å². The maximum atomic E-state index is 13.5. The molecule has 3 nitrogen and oxygen atoms in total. The van der Waals surface area contributed by atoms with Crippen molar-refractivity contribution >= 4 is 17.6 Å². The Bertz CT molecular complexity index is 455. The molecule has 0 radical (unpaired) electrons. The van der Waals surface area contributed by atoms with Gasteiger partial charge in [-0.2, -0.15) is 0 Å². The van der Waals surface area contributed by atoms with Gasteiger partial charge in [-0.05, 0) is 43.5 Å². The number of ether oxygens (including phenoxy) is 1. The fraction of sp³-hybridized carbons (Fsp3) is 0.533. The first kappa shape index (κ1) is 15.3. The summed E-state index contributed by atoms with van der Waals surface area (Å²) in [5.41, 5.74) is 0.514. The minimum atomic E-state index is -0.661. The molecule has 0 spiro atoms. The second-order valence-corrected chi connectivity index (χ2v) is 5.47. The standard InChI is InChI=1S/C15H19ClFNO2/c1-2-20-15(19)14(18-13-5-3-4-6-13)10-7-11(16)9-12(17)8-10/h7-9,13-14,18H,2-6H2,1H3. The summed E-state index contributed by atoms with van der Waals surface area (Å²) in [6, 6.07) is 3.77. The molecular formula is C15H19ClFNO2. The lowest BCUT2D eigenvalue weighted by atomic mass is 10.0. The largest absolute Gasteiger partial charge is 0.465 e. The van der Waals surface area contributed by atoms with Crippen LogP contribution in [0.2, 0.25) is 5.02 Å². The molecule has 1 atom stereocenters. The molecule has 0 bridgehead atoms. The molecule has 2 rings (SSSR count). The van der Waals surface area contributed by atoms with E-state index in [1.165, 1.54) is 12.1 Å². The molecule has 5 heteroatoms. The summed E-state index contributed by atoms with van der Waals surface area (Å²) in [5, 5.41) is 3.55. The molecule has 0 amide bonds. The molecule has 1 N–H and O–H groups in total. The van der Waals surface area contributed by atoms with Gasteiger partial charge in [-0.15, -0.1) is 0 Å². The van der Waals surface area contributed by atoms with E-state index >= 15 is 0 Å². The van der Waals surface area contributed by atoms with E-state index < -0.39 is 11.9 Å². The molecule has 20 heavy (non-hydrogen) atoms. The fourth-order valence-corrected chi connectivity index (χ4v) is 2.83. The van der Waals surface area contributed by atoms with Crippen molar-refractivity contribution in [2.45, 2.75) is 44.7 Å². The van der Waals surface area contributed by atoms with Crippen molar-refractivity contribution in [2.24, 2.45) is 0 Å². The summed E-state index contributed by atoms with van der Waals surface area (Å²) in [7, 11) is 0. The Morgan fingerprint density at radius 3 is 2.75 bits per heavy atom. The van der Waals surface area contributed by atoms with Crippen molar-refractivity contribution in [3.8, 4) is 0 Å². The lowest BCUT2D eigenvalue weighted by Crippen LogP contribution is -2.36. The van der Waals surface area contributed by atoms with Crippen molar-refractivity contribution in [1.29, 1.82) is 0 Å². The van der Waals surface area contributed by atoms with Gasteiger partial charge in [0.1, 0.15) is 11.9 Å². The Labute approximate surface area is 123 Å². The van der Waals surface area contributed by atoms with Gasteiger partial charge in [0.05, 0.1) is 6.61 Å². The normalized spacial score (nSPS) is 17.1. The molecule has 0 aliphatic heterocycles. The molecule has 0 saturated heterocycles. The van der Waals surface area contributed by atoms with Crippen LogP contribution in [0, 0.1) is 5.82 Å². The van der Waals surface area contributed by atoms with Crippen LogP contribution in [0.4, 0.5) is 4.39 Å². The number of carbonyl (C=O) groups is 1. The first-order chi connectivity index (χ1) is 9.60. The van der Waals surface area contributed by atoms with Gasteiger partial charge < -0.3 is 4.74 Å². The van der Waals surface area contributed by atoms with Crippen molar-refractivity contribution in [1.82, 2.24) is 5.32 Å². The van der Waals surface area contributed by atoms with Crippen LogP contribution in [0.1, 0.15) is 44.2 Å². The Morgan fingerprint density at radius 1 is 1.45 bits per heavy atom. The van der Waals surface area contributed by atoms with Crippen molar-refractivity contribution in [2.75, 3.05) is 6.61 Å². The summed E-state index contributed by atoms with van der Waals surface area (Å²) in [4.78, 5) is 12.1. The predicted octanol–water partition coefficient (Wildman–Crippen LogP) is 3.62. The zero-order valence-electron chi connectivity index (χ0n) is 11.5. The van der Waals surface area contributed by atoms with Gasteiger partial charge >= 0.3 is 5.97 Å². The van der Waals surface area contributed by atoms with Crippen LogP contribution in [-0.2, 0) is 9.53 Å². The van der Waals surface area contributed by atoms with E-state index in [0.29, 0.717) is 12.2 Å². The van der Waals surface area contributed by atoms with Gasteiger partial charge in [-0.3, -0.25) is 5.32 Å². The highest BCUT2D eigenvalue weighted by molar-refractivity contribution is 6.30. The maximum absolute atomic E-state index is 13.5. The molecule has 1 aliphatic rings. The van der Waals surface area contributed by atoms with Crippen molar-refractivity contribution < 1.29 is 13.9 Å².